The van der Waals surface area contributed by atoms with Crippen molar-refractivity contribution in [2.45, 2.75) is 19.0 Å². The lowest BCUT2D eigenvalue weighted by Gasteiger charge is -2.20. The third-order valence-corrected chi connectivity index (χ3v) is 2.28. The van der Waals surface area contributed by atoms with Crippen LogP contribution in [0.15, 0.2) is 0 Å². The first-order chi connectivity index (χ1) is 7.06. The van der Waals surface area contributed by atoms with Crippen LogP contribution in [-0.4, -0.2) is 48.7 Å². The smallest absolute Gasteiger partial charge is 0.290 e. The van der Waals surface area contributed by atoms with Crippen LogP contribution in [0, 0.1) is 6.57 Å². The van der Waals surface area contributed by atoms with Crippen molar-refractivity contribution in [3.8, 4) is 0 Å². The van der Waals surface area contributed by atoms with Crippen LogP contribution in [0.5, 0.6) is 0 Å². The fourth-order valence-electron chi connectivity index (χ4n) is 1.49. The first-order valence-corrected chi connectivity index (χ1v) is 4.54. The topological polar surface area (TPSA) is 71.0 Å². The molecule has 1 saturated heterocycles. The Labute approximate surface area is 89.2 Å². The number of amides is 2. The zero-order valence-corrected chi connectivity index (χ0v) is 8.22. The minimum atomic E-state index is -0.859. The zero-order chi connectivity index (χ0) is 11.4. The molecular weight excluding hydrogens is 195 g/mol. The van der Waals surface area contributed by atoms with E-state index < -0.39 is 12.0 Å². The molecule has 2 amide bonds. The highest BCUT2D eigenvalue weighted by molar-refractivity contribution is 6.56. The fourth-order valence-corrected chi connectivity index (χ4v) is 1.49. The van der Waals surface area contributed by atoms with E-state index in [-0.39, 0.29) is 12.5 Å². The fraction of sp³-hybridized carbons (Fsp3) is 0.625. The quantitative estimate of drug-likeness (QED) is 0.214. The van der Waals surface area contributed by atoms with Crippen LogP contribution in [-0.2, 0) is 4.79 Å². The van der Waals surface area contributed by atoms with Crippen molar-refractivity contribution >= 4 is 19.6 Å². The molecule has 1 aliphatic rings. The number of rotatable bonds is 2. The molecule has 0 aromatic carbocycles. The summed E-state index contributed by atoms with van der Waals surface area (Å²) in [6.07, 6.45) is 1.06. The molecule has 0 bridgehead atoms. The van der Waals surface area contributed by atoms with Crippen molar-refractivity contribution in [3.05, 3.63) is 11.4 Å². The molecule has 15 heavy (non-hydrogen) atoms. The number of carbonyl (C=O) groups is 2. The van der Waals surface area contributed by atoms with Crippen LogP contribution in [0.4, 0.5) is 4.79 Å². The monoisotopic (exact) mass is 206 g/mol. The van der Waals surface area contributed by atoms with Gasteiger partial charge in [0, 0.05) is 13.0 Å². The number of likely N-dealkylation sites (tertiary alicyclic amines) is 1. The van der Waals surface area contributed by atoms with Gasteiger partial charge in [-0.25, -0.2) is 12.4 Å². The van der Waals surface area contributed by atoms with Gasteiger partial charge in [-0.1, -0.05) is 0 Å². The van der Waals surface area contributed by atoms with Gasteiger partial charge in [0.1, 0.15) is 6.54 Å². The van der Waals surface area contributed by atoms with Crippen molar-refractivity contribution < 1.29 is 9.59 Å². The highest BCUT2D eigenvalue weighted by atomic mass is 16.2. The summed E-state index contributed by atoms with van der Waals surface area (Å²) in [5.74, 6) is 4.01. The lowest BCUT2D eigenvalue weighted by atomic mass is 10.1. The Bertz CT molecular complexity index is 314. The summed E-state index contributed by atoms with van der Waals surface area (Å²) >= 11 is 0. The largest absolute Gasteiger partial charge is 0.300 e. The standard InChI is InChI=1S/C8H11BN4O2/c1-11-6-3-2-4-12(6)7(14)5-13(10)8(9)15/h6H,2-5,10H2. The highest BCUT2D eigenvalue weighted by Gasteiger charge is 2.33. The maximum Gasteiger partial charge on any atom is 0.300 e. The molecule has 1 rings (SSSR count). The molecule has 0 spiro atoms. The van der Waals surface area contributed by atoms with Crippen LogP contribution in [0.1, 0.15) is 12.8 Å². The van der Waals surface area contributed by atoms with Gasteiger partial charge < -0.3 is 0 Å². The molecule has 0 aromatic heterocycles. The number of nitrogens with zero attached hydrogens (tertiary/aromatic N) is 3. The van der Waals surface area contributed by atoms with Crippen LogP contribution in [0.3, 0.4) is 0 Å². The molecule has 0 aliphatic carbocycles. The number of hydrogen-bond acceptors (Lipinski definition) is 3. The predicted molar refractivity (Wildman–Crippen MR) is 53.4 cm³/mol. The van der Waals surface area contributed by atoms with E-state index in [1.165, 1.54) is 4.90 Å². The van der Waals surface area contributed by atoms with Crippen LogP contribution in [0.25, 0.3) is 4.85 Å². The predicted octanol–water partition coefficient (Wildman–Crippen LogP) is -0.682. The third-order valence-electron chi connectivity index (χ3n) is 2.28. The number of carbonyl (C=O) groups excluding carboxylic acids is 2. The Balaban J connectivity index is 2.54. The van der Waals surface area contributed by atoms with Gasteiger partial charge in [0.2, 0.25) is 13.8 Å². The first kappa shape index (κ1) is 11.5. The van der Waals surface area contributed by atoms with E-state index >= 15 is 0 Å². The average Bonchev–Trinajstić information content (AvgIpc) is 2.64. The number of hydrazine groups is 1. The summed E-state index contributed by atoms with van der Waals surface area (Å²) in [7, 11) is 4.88. The minimum absolute atomic E-state index is 0.276. The zero-order valence-electron chi connectivity index (χ0n) is 8.22. The normalized spacial score (nSPS) is 19.7. The van der Waals surface area contributed by atoms with E-state index in [1.807, 2.05) is 0 Å². The maximum atomic E-state index is 11.6. The summed E-state index contributed by atoms with van der Waals surface area (Å²) < 4.78 is 0. The van der Waals surface area contributed by atoms with Crippen molar-refractivity contribution in [3.63, 3.8) is 0 Å². The molecule has 1 heterocycles. The van der Waals surface area contributed by atoms with Gasteiger partial charge in [-0.15, -0.1) is 0 Å². The summed E-state index contributed by atoms with van der Waals surface area (Å²) in [4.78, 5) is 26.9. The summed E-state index contributed by atoms with van der Waals surface area (Å²) in [6, 6.07) is 0. The maximum absolute atomic E-state index is 11.6. The summed E-state index contributed by atoms with van der Waals surface area (Å²) in [5, 5.41) is 0.641. The molecule has 1 fully saturated rings. The van der Waals surface area contributed by atoms with Crippen molar-refractivity contribution in [1.29, 1.82) is 0 Å². The van der Waals surface area contributed by atoms with E-state index in [0.717, 1.165) is 6.42 Å². The van der Waals surface area contributed by atoms with E-state index in [4.69, 9.17) is 20.3 Å². The minimum Gasteiger partial charge on any atom is -0.290 e. The van der Waals surface area contributed by atoms with E-state index in [1.54, 1.807) is 0 Å². The number of hydrogen-bond donors (Lipinski definition) is 1. The Morgan fingerprint density at radius 3 is 2.87 bits per heavy atom. The highest BCUT2D eigenvalue weighted by Crippen LogP contribution is 2.18. The van der Waals surface area contributed by atoms with Gasteiger partial charge in [0.25, 0.3) is 0 Å². The van der Waals surface area contributed by atoms with Crippen LogP contribution < -0.4 is 5.84 Å². The van der Waals surface area contributed by atoms with E-state index in [0.29, 0.717) is 18.0 Å². The SMILES string of the molecule is [B]C(=O)N(N)CC(=O)N1CCCC1[N+]#[C-]. The molecule has 78 valence electrons. The van der Waals surface area contributed by atoms with Gasteiger partial charge in [0.15, 0.2) is 5.81 Å². The molecule has 1 unspecified atom stereocenters. The van der Waals surface area contributed by atoms with Crippen molar-refractivity contribution in [1.82, 2.24) is 9.91 Å². The Morgan fingerprint density at radius 1 is 1.67 bits per heavy atom. The lowest BCUT2D eigenvalue weighted by Crippen LogP contribution is -2.46. The van der Waals surface area contributed by atoms with Crippen LogP contribution >= 0.6 is 0 Å². The Kier molecular flexibility index (Phi) is 3.69. The lowest BCUT2D eigenvalue weighted by molar-refractivity contribution is -0.131. The molecule has 1 atom stereocenters. The molecule has 0 aromatic rings. The summed E-state index contributed by atoms with van der Waals surface area (Å²) in [6.45, 7) is 7.15. The molecule has 1 aliphatic heterocycles. The van der Waals surface area contributed by atoms with Crippen molar-refractivity contribution in [2.75, 3.05) is 13.1 Å². The average molecular weight is 206 g/mol. The second-order valence-corrected chi connectivity index (χ2v) is 3.31. The van der Waals surface area contributed by atoms with Gasteiger partial charge in [-0.05, 0) is 6.42 Å². The molecule has 0 saturated carbocycles. The number of nitrogens with two attached hydrogens (primary N) is 1. The molecular formula is C8H11BN4O2. The van der Waals surface area contributed by atoms with Gasteiger partial charge in [-0.2, -0.15) is 0 Å². The Morgan fingerprint density at radius 2 is 2.33 bits per heavy atom. The van der Waals surface area contributed by atoms with E-state index in [9.17, 15) is 9.59 Å². The molecule has 2 N–H and O–H groups in total. The first-order valence-electron chi connectivity index (χ1n) is 4.54. The Hall–Kier alpha value is -1.55. The molecule has 2 radical (unpaired) electrons. The summed E-state index contributed by atoms with van der Waals surface area (Å²) in [5.41, 5.74) is 0. The second kappa shape index (κ2) is 4.80. The van der Waals surface area contributed by atoms with Crippen LogP contribution in [0.2, 0.25) is 0 Å². The molecule has 6 nitrogen and oxygen atoms in total. The van der Waals surface area contributed by atoms with Gasteiger partial charge in [0.05, 0.1) is 0 Å². The second-order valence-electron chi connectivity index (χ2n) is 3.31. The third kappa shape index (κ3) is 2.70. The van der Waals surface area contributed by atoms with Crippen molar-refractivity contribution in [2.24, 2.45) is 5.84 Å². The van der Waals surface area contributed by atoms with Gasteiger partial charge in [-0.3, -0.25) is 24.3 Å². The molecule has 7 heteroatoms. The van der Waals surface area contributed by atoms with Gasteiger partial charge >= 0.3 is 6.17 Å². The van der Waals surface area contributed by atoms with E-state index in [2.05, 4.69) is 4.85 Å².